The normalized spacial score (nSPS) is 12.4. The van der Waals surface area contributed by atoms with E-state index in [2.05, 4.69) is 5.32 Å². The highest BCUT2D eigenvalue weighted by molar-refractivity contribution is 6.31. The molecule has 0 spiro atoms. The molecule has 6 heteroatoms. The minimum absolute atomic E-state index is 0.151. The van der Waals surface area contributed by atoms with Crippen LogP contribution in [0, 0.1) is 0 Å². The van der Waals surface area contributed by atoms with Gasteiger partial charge < -0.3 is 10.2 Å². The lowest BCUT2D eigenvalue weighted by molar-refractivity contribution is -0.140. The van der Waals surface area contributed by atoms with Gasteiger partial charge in [0.25, 0.3) is 0 Å². The zero-order chi connectivity index (χ0) is 20.9. The van der Waals surface area contributed by atoms with E-state index in [4.69, 9.17) is 23.2 Å². The highest BCUT2D eigenvalue weighted by Crippen LogP contribution is 2.20. The van der Waals surface area contributed by atoms with Crippen molar-refractivity contribution in [2.75, 3.05) is 0 Å². The van der Waals surface area contributed by atoms with Gasteiger partial charge in [-0.2, -0.15) is 0 Å². The molecule has 0 saturated heterocycles. The summed E-state index contributed by atoms with van der Waals surface area (Å²) in [6.45, 7) is 7.70. The van der Waals surface area contributed by atoms with Crippen molar-refractivity contribution in [1.82, 2.24) is 10.2 Å². The topological polar surface area (TPSA) is 49.4 Å². The summed E-state index contributed by atoms with van der Waals surface area (Å²) in [5.74, 6) is -0.377. The van der Waals surface area contributed by atoms with Crippen LogP contribution >= 0.6 is 23.2 Å². The zero-order valence-electron chi connectivity index (χ0n) is 16.6. The highest BCUT2D eigenvalue weighted by Gasteiger charge is 2.28. The van der Waals surface area contributed by atoms with Crippen LogP contribution in [0.3, 0.4) is 0 Å². The SMILES string of the molecule is C[C@H](C(=O)NC(C)(C)C)N(Cc1ccccc1Cl)C(=O)Cc1cccc(Cl)c1. The number of hydrogen-bond acceptors (Lipinski definition) is 2. The van der Waals surface area contributed by atoms with E-state index >= 15 is 0 Å². The standard InChI is InChI=1S/C22H26Cl2N2O2/c1-15(21(28)25-22(2,3)4)26(14-17-9-5-6-11-19(17)24)20(27)13-16-8-7-10-18(23)12-16/h5-12,15H,13-14H2,1-4H3,(H,25,28)/t15-/m1/s1. The Morgan fingerprint density at radius 3 is 2.36 bits per heavy atom. The van der Waals surface area contributed by atoms with Gasteiger partial charge in [0.05, 0.1) is 6.42 Å². The molecule has 0 saturated carbocycles. The lowest BCUT2D eigenvalue weighted by atomic mass is 10.1. The van der Waals surface area contributed by atoms with Gasteiger partial charge in [-0.3, -0.25) is 9.59 Å². The molecule has 0 unspecified atom stereocenters. The predicted molar refractivity (Wildman–Crippen MR) is 115 cm³/mol. The Bertz CT molecular complexity index is 846. The summed E-state index contributed by atoms with van der Waals surface area (Å²) in [4.78, 5) is 27.4. The molecular formula is C22H26Cl2N2O2. The molecule has 0 aliphatic heterocycles. The molecule has 2 rings (SSSR count). The quantitative estimate of drug-likeness (QED) is 0.724. The molecule has 0 aromatic heterocycles. The number of nitrogens with zero attached hydrogens (tertiary/aromatic N) is 1. The van der Waals surface area contributed by atoms with Gasteiger partial charge in [0.15, 0.2) is 0 Å². The monoisotopic (exact) mass is 420 g/mol. The Kier molecular flexibility index (Phi) is 7.50. The average molecular weight is 421 g/mol. The second kappa shape index (κ2) is 9.44. The van der Waals surface area contributed by atoms with Gasteiger partial charge in [-0.05, 0) is 57.0 Å². The third-order valence-electron chi connectivity index (χ3n) is 4.21. The van der Waals surface area contributed by atoms with E-state index in [1.54, 1.807) is 36.1 Å². The third-order valence-corrected chi connectivity index (χ3v) is 4.81. The van der Waals surface area contributed by atoms with Crippen LogP contribution in [0.5, 0.6) is 0 Å². The molecular weight excluding hydrogens is 395 g/mol. The Morgan fingerprint density at radius 2 is 1.75 bits per heavy atom. The second-order valence-corrected chi connectivity index (χ2v) is 8.68. The van der Waals surface area contributed by atoms with Crippen molar-refractivity contribution in [3.8, 4) is 0 Å². The van der Waals surface area contributed by atoms with Crippen LogP contribution in [0.25, 0.3) is 0 Å². The molecule has 1 N–H and O–H groups in total. The molecule has 1 atom stereocenters. The summed E-state index contributed by atoms with van der Waals surface area (Å²) in [5, 5.41) is 4.07. The number of carbonyl (C=O) groups excluding carboxylic acids is 2. The largest absolute Gasteiger partial charge is 0.350 e. The predicted octanol–water partition coefficient (Wildman–Crippen LogP) is 4.87. The van der Waals surface area contributed by atoms with Gasteiger partial charge in [-0.25, -0.2) is 0 Å². The first-order valence-electron chi connectivity index (χ1n) is 9.16. The van der Waals surface area contributed by atoms with Crippen LogP contribution in [0.4, 0.5) is 0 Å². The summed E-state index contributed by atoms with van der Waals surface area (Å²) in [6, 6.07) is 13.8. The summed E-state index contributed by atoms with van der Waals surface area (Å²) in [5.41, 5.74) is 1.20. The fourth-order valence-electron chi connectivity index (χ4n) is 2.79. The second-order valence-electron chi connectivity index (χ2n) is 7.83. The first-order valence-corrected chi connectivity index (χ1v) is 9.92. The van der Waals surface area contributed by atoms with Crippen molar-refractivity contribution in [2.45, 2.75) is 52.2 Å². The number of amides is 2. The summed E-state index contributed by atoms with van der Waals surface area (Å²) in [6.07, 6.45) is 0.151. The van der Waals surface area contributed by atoms with E-state index in [-0.39, 0.29) is 24.8 Å². The lowest BCUT2D eigenvalue weighted by Gasteiger charge is -2.31. The minimum atomic E-state index is -0.651. The highest BCUT2D eigenvalue weighted by atomic mass is 35.5. The van der Waals surface area contributed by atoms with Crippen molar-refractivity contribution in [3.63, 3.8) is 0 Å². The van der Waals surface area contributed by atoms with E-state index in [9.17, 15) is 9.59 Å². The van der Waals surface area contributed by atoms with E-state index in [1.807, 2.05) is 45.0 Å². The maximum absolute atomic E-state index is 13.1. The van der Waals surface area contributed by atoms with E-state index in [0.29, 0.717) is 10.0 Å². The molecule has 0 radical (unpaired) electrons. The molecule has 2 aromatic carbocycles. The Labute approximate surface area is 176 Å². The molecule has 0 heterocycles. The summed E-state index contributed by atoms with van der Waals surface area (Å²) >= 11 is 12.3. The van der Waals surface area contributed by atoms with Gasteiger partial charge in [0, 0.05) is 22.1 Å². The third kappa shape index (κ3) is 6.54. The van der Waals surface area contributed by atoms with Gasteiger partial charge in [-0.1, -0.05) is 53.5 Å². The number of carbonyl (C=O) groups is 2. The molecule has 0 aliphatic rings. The number of benzene rings is 2. The maximum Gasteiger partial charge on any atom is 0.242 e. The first kappa shape index (κ1) is 22.3. The molecule has 4 nitrogen and oxygen atoms in total. The van der Waals surface area contributed by atoms with Crippen molar-refractivity contribution in [2.24, 2.45) is 0 Å². The van der Waals surface area contributed by atoms with Gasteiger partial charge in [-0.15, -0.1) is 0 Å². The summed E-state index contributed by atoms with van der Waals surface area (Å²) in [7, 11) is 0. The lowest BCUT2D eigenvalue weighted by Crippen LogP contribution is -2.52. The molecule has 0 aliphatic carbocycles. The molecule has 150 valence electrons. The maximum atomic E-state index is 13.1. The van der Waals surface area contributed by atoms with E-state index in [0.717, 1.165) is 11.1 Å². The number of nitrogens with one attached hydrogen (secondary N) is 1. The molecule has 0 bridgehead atoms. The minimum Gasteiger partial charge on any atom is -0.350 e. The molecule has 2 amide bonds. The van der Waals surface area contributed by atoms with Gasteiger partial charge >= 0.3 is 0 Å². The smallest absolute Gasteiger partial charge is 0.242 e. The molecule has 0 fully saturated rings. The Hall–Kier alpha value is -2.04. The van der Waals surface area contributed by atoms with Gasteiger partial charge in [0.2, 0.25) is 11.8 Å². The number of halogens is 2. The van der Waals surface area contributed by atoms with Crippen molar-refractivity contribution in [1.29, 1.82) is 0 Å². The summed E-state index contributed by atoms with van der Waals surface area (Å²) < 4.78 is 0. The van der Waals surface area contributed by atoms with Gasteiger partial charge in [0.1, 0.15) is 6.04 Å². The Balaban J connectivity index is 2.27. The molecule has 2 aromatic rings. The fourth-order valence-corrected chi connectivity index (χ4v) is 3.20. The van der Waals surface area contributed by atoms with Crippen molar-refractivity contribution in [3.05, 3.63) is 69.7 Å². The Morgan fingerprint density at radius 1 is 1.07 bits per heavy atom. The molecule has 28 heavy (non-hydrogen) atoms. The zero-order valence-corrected chi connectivity index (χ0v) is 18.1. The number of rotatable bonds is 6. The van der Waals surface area contributed by atoms with E-state index in [1.165, 1.54) is 0 Å². The average Bonchev–Trinajstić information content (AvgIpc) is 2.59. The van der Waals surface area contributed by atoms with Crippen LogP contribution in [0.2, 0.25) is 10.0 Å². The number of hydrogen-bond donors (Lipinski definition) is 1. The first-order chi connectivity index (χ1) is 13.1. The van der Waals surface area contributed by atoms with Crippen LogP contribution in [-0.2, 0) is 22.6 Å². The van der Waals surface area contributed by atoms with Crippen molar-refractivity contribution >= 4 is 35.0 Å². The van der Waals surface area contributed by atoms with Crippen molar-refractivity contribution < 1.29 is 9.59 Å². The van der Waals surface area contributed by atoms with Crippen LogP contribution < -0.4 is 5.32 Å². The van der Waals surface area contributed by atoms with Crippen LogP contribution in [0.15, 0.2) is 48.5 Å². The van der Waals surface area contributed by atoms with E-state index < -0.39 is 11.6 Å². The fraction of sp³-hybridized carbons (Fsp3) is 0.364. The van der Waals surface area contributed by atoms with Crippen LogP contribution in [0.1, 0.15) is 38.8 Å². The van der Waals surface area contributed by atoms with Crippen LogP contribution in [-0.4, -0.2) is 28.3 Å².